The molecule has 1 aromatic carbocycles. The molecule has 7 heteroatoms. The van der Waals surface area contributed by atoms with Crippen LogP contribution in [0, 0.1) is 5.92 Å². The summed E-state index contributed by atoms with van der Waals surface area (Å²) in [6.07, 6.45) is -0.307. The third-order valence-corrected chi connectivity index (χ3v) is 3.02. The average molecular weight is 291 g/mol. The highest BCUT2D eigenvalue weighted by atomic mass is 16.5. The molecule has 1 fully saturated rings. The Morgan fingerprint density at radius 1 is 1.24 bits per heavy atom. The van der Waals surface area contributed by atoms with Crippen LogP contribution in [0.2, 0.25) is 0 Å². The van der Waals surface area contributed by atoms with E-state index in [9.17, 15) is 14.4 Å². The Morgan fingerprint density at radius 2 is 1.86 bits per heavy atom. The predicted octanol–water partition coefficient (Wildman–Crippen LogP) is 1.33. The van der Waals surface area contributed by atoms with E-state index in [1.807, 2.05) is 0 Å². The number of nitrogens with one attached hydrogen (secondary N) is 3. The molecule has 112 valence electrons. The summed E-state index contributed by atoms with van der Waals surface area (Å²) >= 11 is 0. The standard InChI is InChI=1S/C14H17N3O4/c1-2-21-14(20)17-11-5-3-10(4-6-11)16-13(19)9-7-12(18)15-8-9/h3-6,9H,2,7-8H2,1H3,(H,15,18)(H,16,19)(H,17,20). The van der Waals surface area contributed by atoms with Crippen LogP contribution in [0.5, 0.6) is 0 Å². The molecule has 1 saturated heterocycles. The second-order valence-electron chi connectivity index (χ2n) is 4.62. The first-order chi connectivity index (χ1) is 10.1. The molecule has 1 aliphatic heterocycles. The van der Waals surface area contributed by atoms with Crippen LogP contribution in [0.1, 0.15) is 13.3 Å². The first-order valence-electron chi connectivity index (χ1n) is 6.70. The second kappa shape index (κ2) is 6.74. The van der Waals surface area contributed by atoms with Gasteiger partial charge in [0.2, 0.25) is 11.8 Å². The van der Waals surface area contributed by atoms with Crippen molar-refractivity contribution in [1.82, 2.24) is 5.32 Å². The van der Waals surface area contributed by atoms with Crippen molar-refractivity contribution in [2.75, 3.05) is 23.8 Å². The van der Waals surface area contributed by atoms with Crippen molar-refractivity contribution in [3.05, 3.63) is 24.3 Å². The maximum atomic E-state index is 11.9. The van der Waals surface area contributed by atoms with E-state index in [2.05, 4.69) is 16.0 Å². The lowest BCUT2D eigenvalue weighted by molar-refractivity contribution is -0.123. The average Bonchev–Trinajstić information content (AvgIpc) is 2.88. The first kappa shape index (κ1) is 14.8. The molecule has 1 aromatic rings. The third kappa shape index (κ3) is 4.20. The maximum Gasteiger partial charge on any atom is 0.411 e. The monoisotopic (exact) mass is 291 g/mol. The van der Waals surface area contributed by atoms with Crippen molar-refractivity contribution in [1.29, 1.82) is 0 Å². The molecule has 1 atom stereocenters. The van der Waals surface area contributed by atoms with Gasteiger partial charge in [-0.2, -0.15) is 0 Å². The number of benzene rings is 1. The Kier molecular flexibility index (Phi) is 4.76. The Balaban J connectivity index is 1.88. The summed E-state index contributed by atoms with van der Waals surface area (Å²) in [6, 6.07) is 6.66. The Hall–Kier alpha value is -2.57. The molecule has 3 N–H and O–H groups in total. The molecule has 0 radical (unpaired) electrons. The van der Waals surface area contributed by atoms with Gasteiger partial charge in [-0.05, 0) is 31.2 Å². The van der Waals surface area contributed by atoms with Gasteiger partial charge in [-0.1, -0.05) is 0 Å². The van der Waals surface area contributed by atoms with Gasteiger partial charge in [0.15, 0.2) is 0 Å². The molecule has 7 nitrogen and oxygen atoms in total. The molecular weight excluding hydrogens is 274 g/mol. The van der Waals surface area contributed by atoms with Crippen molar-refractivity contribution in [2.45, 2.75) is 13.3 Å². The fourth-order valence-corrected chi connectivity index (χ4v) is 1.96. The summed E-state index contributed by atoms with van der Waals surface area (Å²) in [5.41, 5.74) is 1.18. The Morgan fingerprint density at radius 3 is 2.38 bits per heavy atom. The van der Waals surface area contributed by atoms with Gasteiger partial charge in [0.05, 0.1) is 12.5 Å². The Labute approximate surface area is 122 Å². The molecular formula is C14H17N3O4. The Bertz CT molecular complexity index is 542. The minimum Gasteiger partial charge on any atom is -0.450 e. The van der Waals surface area contributed by atoms with E-state index in [0.717, 1.165) is 0 Å². The number of rotatable bonds is 4. The van der Waals surface area contributed by atoms with Gasteiger partial charge in [-0.15, -0.1) is 0 Å². The molecule has 2 rings (SSSR count). The van der Waals surface area contributed by atoms with Crippen molar-refractivity contribution in [3.8, 4) is 0 Å². The van der Waals surface area contributed by atoms with E-state index in [1.165, 1.54) is 0 Å². The lowest BCUT2D eigenvalue weighted by atomic mass is 10.1. The lowest BCUT2D eigenvalue weighted by Gasteiger charge is -2.10. The number of carbonyl (C=O) groups excluding carboxylic acids is 3. The predicted molar refractivity (Wildman–Crippen MR) is 76.8 cm³/mol. The zero-order chi connectivity index (χ0) is 15.2. The van der Waals surface area contributed by atoms with E-state index in [1.54, 1.807) is 31.2 Å². The molecule has 0 spiro atoms. The topological polar surface area (TPSA) is 96.5 Å². The number of hydrogen-bond donors (Lipinski definition) is 3. The maximum absolute atomic E-state index is 11.9. The quantitative estimate of drug-likeness (QED) is 0.779. The molecule has 1 unspecified atom stereocenters. The normalized spacial score (nSPS) is 17.0. The van der Waals surface area contributed by atoms with Crippen LogP contribution in [0.3, 0.4) is 0 Å². The summed E-state index contributed by atoms with van der Waals surface area (Å²) in [4.78, 5) is 34.2. The summed E-state index contributed by atoms with van der Waals surface area (Å²) in [5, 5.41) is 7.91. The van der Waals surface area contributed by atoms with Crippen LogP contribution in [-0.4, -0.2) is 31.1 Å². The molecule has 0 saturated carbocycles. The van der Waals surface area contributed by atoms with Gasteiger partial charge in [0, 0.05) is 24.3 Å². The highest BCUT2D eigenvalue weighted by molar-refractivity contribution is 5.97. The van der Waals surface area contributed by atoms with Crippen LogP contribution in [0.4, 0.5) is 16.2 Å². The van der Waals surface area contributed by atoms with Gasteiger partial charge in [-0.25, -0.2) is 4.79 Å². The van der Waals surface area contributed by atoms with Crippen LogP contribution < -0.4 is 16.0 Å². The van der Waals surface area contributed by atoms with Crippen molar-refractivity contribution < 1.29 is 19.1 Å². The lowest BCUT2D eigenvalue weighted by Crippen LogP contribution is -2.24. The summed E-state index contributed by atoms with van der Waals surface area (Å²) < 4.78 is 4.76. The highest BCUT2D eigenvalue weighted by Gasteiger charge is 2.27. The van der Waals surface area contributed by atoms with E-state index in [-0.39, 0.29) is 24.2 Å². The molecule has 1 aliphatic rings. The van der Waals surface area contributed by atoms with E-state index in [0.29, 0.717) is 24.5 Å². The number of carbonyl (C=O) groups is 3. The smallest absolute Gasteiger partial charge is 0.411 e. The summed E-state index contributed by atoms with van der Waals surface area (Å²) in [7, 11) is 0. The van der Waals surface area contributed by atoms with Crippen molar-refractivity contribution in [3.63, 3.8) is 0 Å². The molecule has 0 bridgehead atoms. The SMILES string of the molecule is CCOC(=O)Nc1ccc(NC(=O)C2CNC(=O)C2)cc1. The van der Waals surface area contributed by atoms with Crippen LogP contribution >= 0.6 is 0 Å². The minimum absolute atomic E-state index is 0.107. The fraction of sp³-hybridized carbons (Fsp3) is 0.357. The van der Waals surface area contributed by atoms with Crippen LogP contribution in [-0.2, 0) is 14.3 Å². The van der Waals surface area contributed by atoms with E-state index >= 15 is 0 Å². The fourth-order valence-electron chi connectivity index (χ4n) is 1.96. The number of amides is 3. The summed E-state index contributed by atoms with van der Waals surface area (Å²) in [6.45, 7) is 2.39. The number of hydrogen-bond acceptors (Lipinski definition) is 4. The van der Waals surface area contributed by atoms with Crippen LogP contribution in [0.25, 0.3) is 0 Å². The van der Waals surface area contributed by atoms with Crippen LogP contribution in [0.15, 0.2) is 24.3 Å². The third-order valence-electron chi connectivity index (χ3n) is 3.02. The van der Waals surface area contributed by atoms with Crippen molar-refractivity contribution in [2.24, 2.45) is 5.92 Å². The van der Waals surface area contributed by atoms with E-state index < -0.39 is 6.09 Å². The van der Waals surface area contributed by atoms with Crippen molar-refractivity contribution >= 4 is 29.3 Å². The molecule has 21 heavy (non-hydrogen) atoms. The van der Waals surface area contributed by atoms with Gasteiger partial charge in [0.1, 0.15) is 0 Å². The molecule has 3 amide bonds. The van der Waals surface area contributed by atoms with Gasteiger partial charge < -0.3 is 15.4 Å². The number of anilines is 2. The van der Waals surface area contributed by atoms with E-state index in [4.69, 9.17) is 4.74 Å². The minimum atomic E-state index is -0.523. The largest absolute Gasteiger partial charge is 0.450 e. The molecule has 0 aliphatic carbocycles. The van der Waals surface area contributed by atoms with Gasteiger partial charge in [-0.3, -0.25) is 14.9 Å². The zero-order valence-electron chi connectivity index (χ0n) is 11.6. The highest BCUT2D eigenvalue weighted by Crippen LogP contribution is 2.16. The second-order valence-corrected chi connectivity index (χ2v) is 4.62. The first-order valence-corrected chi connectivity index (χ1v) is 6.70. The molecule has 1 heterocycles. The van der Waals surface area contributed by atoms with Gasteiger partial charge >= 0.3 is 6.09 Å². The number of ether oxygens (including phenoxy) is 1. The molecule has 0 aromatic heterocycles. The van der Waals surface area contributed by atoms with Gasteiger partial charge in [0.25, 0.3) is 0 Å². The zero-order valence-corrected chi connectivity index (χ0v) is 11.6. The summed E-state index contributed by atoms with van der Waals surface area (Å²) in [5.74, 6) is -0.640.